The van der Waals surface area contributed by atoms with Crippen LogP contribution in [0.5, 0.6) is 0 Å². The second-order valence-corrected chi connectivity index (χ2v) is 7.44. The van der Waals surface area contributed by atoms with Crippen LogP contribution in [0.2, 0.25) is 0 Å². The molecule has 0 unspecified atom stereocenters. The number of aryl methyl sites for hydroxylation is 2. The number of nitriles is 1. The number of fused-ring (bicyclic) bond motifs is 1. The van der Waals surface area contributed by atoms with Crippen molar-refractivity contribution in [3.05, 3.63) is 82.4 Å². The van der Waals surface area contributed by atoms with E-state index in [2.05, 4.69) is 38.6 Å². The highest BCUT2D eigenvalue weighted by Crippen LogP contribution is 2.17. The predicted molar refractivity (Wildman–Crippen MR) is 116 cm³/mol. The predicted octanol–water partition coefficient (Wildman–Crippen LogP) is 3.24. The van der Waals surface area contributed by atoms with Crippen LogP contribution in [0, 0.1) is 25.2 Å². The number of nitrogens with zero attached hydrogens (tertiary/aromatic N) is 5. The van der Waals surface area contributed by atoms with Crippen LogP contribution in [0.4, 0.5) is 5.82 Å². The fourth-order valence-corrected chi connectivity index (χ4v) is 3.47. The lowest BCUT2D eigenvalue weighted by molar-refractivity contribution is 0.675. The van der Waals surface area contributed by atoms with Crippen LogP contribution in [0.3, 0.4) is 0 Å². The summed E-state index contributed by atoms with van der Waals surface area (Å²) in [7, 11) is 0. The molecule has 7 heteroatoms. The molecule has 0 fully saturated rings. The highest BCUT2D eigenvalue weighted by molar-refractivity contribution is 5.79. The summed E-state index contributed by atoms with van der Waals surface area (Å²) in [6, 6.07) is 14.3. The molecule has 0 spiro atoms. The van der Waals surface area contributed by atoms with Gasteiger partial charge < -0.3 is 11.1 Å². The molecule has 0 aliphatic rings. The smallest absolute Gasteiger partial charge is 0.166 e. The minimum Gasteiger partial charge on any atom is -0.384 e. The molecule has 0 saturated carbocycles. The third-order valence-electron chi connectivity index (χ3n) is 5.02. The number of hydrogen-bond acceptors (Lipinski definition) is 6. The zero-order valence-corrected chi connectivity index (χ0v) is 17.1. The van der Waals surface area contributed by atoms with Crippen molar-refractivity contribution in [3.8, 4) is 6.07 Å². The van der Waals surface area contributed by atoms with E-state index in [9.17, 15) is 5.26 Å². The fraction of sp³-hybridized carbons (Fsp3) is 0.217. The van der Waals surface area contributed by atoms with E-state index in [4.69, 9.17) is 5.73 Å². The lowest BCUT2D eigenvalue weighted by Crippen LogP contribution is -2.14. The summed E-state index contributed by atoms with van der Waals surface area (Å²) in [5.74, 6) is 0.518. The van der Waals surface area contributed by atoms with Gasteiger partial charge in [-0.1, -0.05) is 12.1 Å². The van der Waals surface area contributed by atoms with E-state index < -0.39 is 0 Å². The van der Waals surface area contributed by atoms with Gasteiger partial charge in [-0.05, 0) is 54.8 Å². The van der Waals surface area contributed by atoms with Crippen LogP contribution < -0.4 is 11.1 Å². The summed E-state index contributed by atoms with van der Waals surface area (Å²) in [4.78, 5) is 8.72. The van der Waals surface area contributed by atoms with Gasteiger partial charge in [0, 0.05) is 42.1 Å². The molecule has 0 radical (unpaired) electrons. The maximum Gasteiger partial charge on any atom is 0.166 e. The zero-order chi connectivity index (χ0) is 21.1. The quantitative estimate of drug-likeness (QED) is 0.517. The lowest BCUT2D eigenvalue weighted by atomic mass is 10.1. The average Bonchev–Trinajstić information content (AvgIpc) is 3.11. The van der Waals surface area contributed by atoms with Gasteiger partial charge in [0.25, 0.3) is 0 Å². The highest BCUT2D eigenvalue weighted by Gasteiger charge is 2.10. The molecule has 0 amide bonds. The molecule has 4 aromatic rings. The second kappa shape index (κ2) is 8.31. The normalized spacial score (nSPS) is 11.0. The summed E-state index contributed by atoms with van der Waals surface area (Å²) in [5.41, 5.74) is 12.2. The number of rotatable bonds is 6. The molecule has 0 bridgehead atoms. The summed E-state index contributed by atoms with van der Waals surface area (Å²) < 4.78 is 1.82. The number of aromatic nitrogens is 4. The number of pyridine rings is 2. The average molecular weight is 397 g/mol. The van der Waals surface area contributed by atoms with Gasteiger partial charge in [-0.25, -0.2) is 4.98 Å². The standard InChI is InChI=1S/C23H23N7/c1-15-7-19-8-17(3-5-21(19)27-10-15)13-30-14-20(22(9-24)29-30)12-26-11-18-4-6-23(25)28-16(18)2/h3-8,10,14,26H,11-13H2,1-2H3,(H2,25,28). The maximum atomic E-state index is 9.47. The monoisotopic (exact) mass is 397 g/mol. The van der Waals surface area contributed by atoms with Crippen LogP contribution in [0.15, 0.2) is 48.8 Å². The summed E-state index contributed by atoms with van der Waals surface area (Å²) in [6.45, 7) is 5.76. The van der Waals surface area contributed by atoms with Crippen LogP contribution in [0.25, 0.3) is 10.9 Å². The van der Waals surface area contributed by atoms with Crippen LogP contribution in [-0.4, -0.2) is 19.7 Å². The largest absolute Gasteiger partial charge is 0.384 e. The van der Waals surface area contributed by atoms with E-state index >= 15 is 0 Å². The Morgan fingerprint density at radius 2 is 1.93 bits per heavy atom. The topological polar surface area (TPSA) is 105 Å². The second-order valence-electron chi connectivity index (χ2n) is 7.44. The first-order chi connectivity index (χ1) is 14.5. The minimum absolute atomic E-state index is 0.438. The van der Waals surface area contributed by atoms with E-state index in [-0.39, 0.29) is 0 Å². The van der Waals surface area contributed by atoms with E-state index in [1.54, 1.807) is 6.07 Å². The third kappa shape index (κ3) is 4.29. The maximum absolute atomic E-state index is 9.47. The molecule has 1 aromatic carbocycles. The molecule has 4 rings (SSSR count). The number of hydrogen-bond donors (Lipinski definition) is 2. The first-order valence-electron chi connectivity index (χ1n) is 9.76. The number of nitrogens with one attached hydrogen (secondary N) is 1. The molecule has 0 saturated heterocycles. The van der Waals surface area contributed by atoms with Crippen LogP contribution >= 0.6 is 0 Å². The van der Waals surface area contributed by atoms with E-state index in [1.807, 2.05) is 49.1 Å². The molecule has 150 valence electrons. The van der Waals surface area contributed by atoms with Crippen molar-refractivity contribution in [1.82, 2.24) is 25.1 Å². The van der Waals surface area contributed by atoms with Gasteiger partial charge in [-0.2, -0.15) is 10.4 Å². The van der Waals surface area contributed by atoms with Gasteiger partial charge >= 0.3 is 0 Å². The summed E-state index contributed by atoms with van der Waals surface area (Å²) in [6.07, 6.45) is 3.80. The summed E-state index contributed by atoms with van der Waals surface area (Å²) >= 11 is 0. The molecular weight excluding hydrogens is 374 g/mol. The van der Waals surface area contributed by atoms with E-state index in [0.717, 1.165) is 38.9 Å². The lowest BCUT2D eigenvalue weighted by Gasteiger charge is -2.07. The van der Waals surface area contributed by atoms with Gasteiger partial charge in [-0.3, -0.25) is 9.67 Å². The Hall–Kier alpha value is -3.76. The molecule has 0 aliphatic heterocycles. The first-order valence-corrected chi connectivity index (χ1v) is 9.76. The minimum atomic E-state index is 0.438. The van der Waals surface area contributed by atoms with Gasteiger partial charge in [0.05, 0.1) is 12.1 Å². The Kier molecular flexibility index (Phi) is 5.42. The number of benzene rings is 1. The third-order valence-corrected chi connectivity index (χ3v) is 5.02. The van der Waals surface area contributed by atoms with Crippen LogP contribution in [-0.2, 0) is 19.6 Å². The molecule has 3 heterocycles. The number of anilines is 1. The van der Waals surface area contributed by atoms with Gasteiger partial charge in [0.15, 0.2) is 5.69 Å². The molecule has 3 aromatic heterocycles. The molecule has 0 atom stereocenters. The Bertz CT molecular complexity index is 1250. The van der Waals surface area contributed by atoms with Crippen molar-refractivity contribution in [3.63, 3.8) is 0 Å². The Balaban J connectivity index is 1.46. The highest BCUT2D eigenvalue weighted by atomic mass is 15.3. The van der Waals surface area contributed by atoms with Crippen molar-refractivity contribution in [2.75, 3.05) is 5.73 Å². The zero-order valence-electron chi connectivity index (χ0n) is 17.1. The first kappa shape index (κ1) is 19.6. The number of nitrogens with two attached hydrogens (primary N) is 1. The van der Waals surface area contributed by atoms with Crippen molar-refractivity contribution >= 4 is 16.7 Å². The molecular formula is C23H23N7. The molecule has 0 aliphatic carbocycles. The van der Waals surface area contributed by atoms with E-state index in [1.165, 1.54) is 0 Å². The van der Waals surface area contributed by atoms with Gasteiger partial charge in [-0.15, -0.1) is 0 Å². The van der Waals surface area contributed by atoms with Gasteiger partial charge in [0.1, 0.15) is 11.9 Å². The Morgan fingerprint density at radius 3 is 2.73 bits per heavy atom. The fourth-order valence-electron chi connectivity index (χ4n) is 3.47. The van der Waals surface area contributed by atoms with Crippen LogP contribution in [0.1, 0.15) is 33.6 Å². The molecule has 3 N–H and O–H groups in total. The number of nitrogen functional groups attached to an aromatic ring is 1. The Labute approximate surface area is 175 Å². The molecule has 30 heavy (non-hydrogen) atoms. The van der Waals surface area contributed by atoms with E-state index in [0.29, 0.717) is 31.1 Å². The summed E-state index contributed by atoms with van der Waals surface area (Å²) in [5, 5.41) is 18.4. The van der Waals surface area contributed by atoms with Crippen molar-refractivity contribution in [1.29, 1.82) is 5.26 Å². The molecule has 7 nitrogen and oxygen atoms in total. The van der Waals surface area contributed by atoms with Crippen molar-refractivity contribution in [2.45, 2.75) is 33.5 Å². The van der Waals surface area contributed by atoms with Gasteiger partial charge in [0.2, 0.25) is 0 Å². The SMILES string of the molecule is Cc1cnc2ccc(Cn3cc(CNCc4ccc(N)nc4C)c(C#N)n3)cc2c1. The van der Waals surface area contributed by atoms with Crippen molar-refractivity contribution < 1.29 is 0 Å². The Morgan fingerprint density at radius 1 is 1.10 bits per heavy atom. The van der Waals surface area contributed by atoms with Crippen molar-refractivity contribution in [2.24, 2.45) is 0 Å².